The Balaban J connectivity index is 1.48. The lowest BCUT2D eigenvalue weighted by atomic mass is 10.1. The van der Waals surface area contributed by atoms with Crippen LogP contribution < -0.4 is 14.4 Å². The van der Waals surface area contributed by atoms with Gasteiger partial charge in [-0.15, -0.1) is 5.10 Å². The number of anilines is 3. The standard InChI is InChI=1S/C26H30N6O4S/c1-30(37(3,33)34)23-7-5-4-6-21(23)24-10-9-20-17-27-26(29-32(20)24)28-22-16-19(8-11-25(22)35-2)18-31-12-14-36-15-13-31/h4-11,16-17H,12-15,18H2,1-3H3,(H,28,29). The summed E-state index contributed by atoms with van der Waals surface area (Å²) in [4.78, 5) is 6.85. The van der Waals surface area contributed by atoms with Crippen LogP contribution in [-0.4, -0.2) is 74.6 Å². The maximum absolute atomic E-state index is 12.3. The molecule has 3 heterocycles. The molecule has 1 aliphatic rings. The van der Waals surface area contributed by atoms with Gasteiger partial charge in [0.1, 0.15) is 5.75 Å². The normalized spacial score (nSPS) is 14.6. The van der Waals surface area contributed by atoms with Gasteiger partial charge >= 0.3 is 0 Å². The molecule has 4 aromatic rings. The van der Waals surface area contributed by atoms with Crippen LogP contribution in [0, 0.1) is 0 Å². The van der Waals surface area contributed by atoms with Crippen LogP contribution in [0.3, 0.4) is 0 Å². The first-order chi connectivity index (χ1) is 17.8. The van der Waals surface area contributed by atoms with Gasteiger partial charge in [0.05, 0.1) is 55.4 Å². The number of aromatic nitrogens is 3. The number of nitrogens with zero attached hydrogens (tertiary/aromatic N) is 5. The number of benzene rings is 2. The summed E-state index contributed by atoms with van der Waals surface area (Å²) in [6.07, 6.45) is 2.91. The first kappa shape index (κ1) is 25.0. The fourth-order valence-corrected chi connectivity index (χ4v) is 4.91. The predicted molar refractivity (Wildman–Crippen MR) is 144 cm³/mol. The van der Waals surface area contributed by atoms with Crippen molar-refractivity contribution in [1.82, 2.24) is 19.5 Å². The second-order valence-corrected chi connectivity index (χ2v) is 10.9. The topological polar surface area (TPSA) is 101 Å². The number of ether oxygens (including phenoxy) is 2. The molecule has 0 radical (unpaired) electrons. The van der Waals surface area contributed by atoms with Gasteiger partial charge in [0, 0.05) is 32.2 Å². The summed E-state index contributed by atoms with van der Waals surface area (Å²) in [7, 11) is -0.265. The highest BCUT2D eigenvalue weighted by Gasteiger charge is 2.19. The summed E-state index contributed by atoms with van der Waals surface area (Å²) in [5.74, 6) is 1.07. The Bertz CT molecular complexity index is 1510. The van der Waals surface area contributed by atoms with E-state index in [-0.39, 0.29) is 0 Å². The number of rotatable bonds is 8. The number of morpholine rings is 1. The number of hydrogen-bond acceptors (Lipinski definition) is 8. The van der Waals surface area contributed by atoms with E-state index < -0.39 is 10.0 Å². The zero-order chi connectivity index (χ0) is 26.0. The van der Waals surface area contributed by atoms with Crippen LogP contribution in [0.2, 0.25) is 0 Å². The molecule has 0 unspecified atom stereocenters. The van der Waals surface area contributed by atoms with E-state index in [2.05, 4.69) is 27.3 Å². The molecule has 0 atom stereocenters. The highest BCUT2D eigenvalue weighted by Crippen LogP contribution is 2.33. The van der Waals surface area contributed by atoms with Crippen LogP contribution in [0.25, 0.3) is 16.8 Å². The molecular weight excluding hydrogens is 492 g/mol. The van der Waals surface area contributed by atoms with Gasteiger partial charge < -0.3 is 14.8 Å². The molecular formula is C26H30N6O4S. The molecule has 2 aromatic heterocycles. The van der Waals surface area contributed by atoms with Crippen LogP contribution in [0.5, 0.6) is 5.75 Å². The van der Waals surface area contributed by atoms with Crippen molar-refractivity contribution in [3.05, 3.63) is 66.4 Å². The lowest BCUT2D eigenvalue weighted by Crippen LogP contribution is -2.35. The SMILES string of the molecule is COc1ccc(CN2CCOCC2)cc1Nc1ncc2ccc(-c3ccccc3N(C)S(C)(=O)=O)n2n1. The molecule has 0 bridgehead atoms. The van der Waals surface area contributed by atoms with E-state index in [9.17, 15) is 8.42 Å². The molecule has 1 fully saturated rings. The predicted octanol–water partition coefficient (Wildman–Crippen LogP) is 3.38. The van der Waals surface area contributed by atoms with E-state index in [1.54, 1.807) is 30.9 Å². The number of hydrogen-bond donors (Lipinski definition) is 1. The lowest BCUT2D eigenvalue weighted by Gasteiger charge is -2.26. The van der Waals surface area contributed by atoms with Crippen molar-refractivity contribution < 1.29 is 17.9 Å². The van der Waals surface area contributed by atoms with E-state index in [1.807, 2.05) is 36.4 Å². The summed E-state index contributed by atoms with van der Waals surface area (Å²) < 4.78 is 38.6. The zero-order valence-corrected chi connectivity index (χ0v) is 21.9. The summed E-state index contributed by atoms with van der Waals surface area (Å²) in [6.45, 7) is 4.12. The van der Waals surface area contributed by atoms with Crippen LogP contribution in [0.15, 0.2) is 60.8 Å². The van der Waals surface area contributed by atoms with Crippen molar-refractivity contribution in [3.63, 3.8) is 0 Å². The minimum Gasteiger partial charge on any atom is -0.495 e. The lowest BCUT2D eigenvalue weighted by molar-refractivity contribution is 0.0342. The largest absolute Gasteiger partial charge is 0.495 e. The molecule has 0 aliphatic carbocycles. The molecule has 0 amide bonds. The van der Waals surface area contributed by atoms with E-state index in [1.165, 1.54) is 10.6 Å². The average Bonchev–Trinajstić information content (AvgIpc) is 3.32. The zero-order valence-electron chi connectivity index (χ0n) is 21.1. The molecule has 5 rings (SSSR count). The highest BCUT2D eigenvalue weighted by molar-refractivity contribution is 7.92. The third-order valence-corrected chi connectivity index (χ3v) is 7.63. The molecule has 1 N–H and O–H groups in total. The minimum atomic E-state index is -3.44. The molecule has 1 saturated heterocycles. The van der Waals surface area contributed by atoms with Crippen molar-refractivity contribution in [2.75, 3.05) is 56.3 Å². The summed E-state index contributed by atoms with van der Waals surface area (Å²) >= 11 is 0. The maximum atomic E-state index is 12.3. The summed E-state index contributed by atoms with van der Waals surface area (Å²) in [5, 5.41) is 8.04. The van der Waals surface area contributed by atoms with Crippen LogP contribution >= 0.6 is 0 Å². The van der Waals surface area contributed by atoms with E-state index in [0.29, 0.717) is 17.4 Å². The number of sulfonamides is 1. The van der Waals surface area contributed by atoms with Crippen LogP contribution in [-0.2, 0) is 21.3 Å². The molecule has 2 aromatic carbocycles. The van der Waals surface area contributed by atoms with Crippen LogP contribution in [0.1, 0.15) is 5.56 Å². The average molecular weight is 523 g/mol. The first-order valence-electron chi connectivity index (χ1n) is 12.0. The Morgan fingerprint density at radius 3 is 2.65 bits per heavy atom. The monoisotopic (exact) mass is 522 g/mol. The van der Waals surface area contributed by atoms with Crippen molar-refractivity contribution in [3.8, 4) is 17.0 Å². The van der Waals surface area contributed by atoms with Gasteiger partial charge in [-0.1, -0.05) is 24.3 Å². The fraction of sp³-hybridized carbons (Fsp3) is 0.308. The number of methoxy groups -OCH3 is 1. The molecule has 1 aliphatic heterocycles. The number of fused-ring (bicyclic) bond motifs is 1. The fourth-order valence-electron chi connectivity index (χ4n) is 4.40. The van der Waals surface area contributed by atoms with E-state index in [0.717, 1.165) is 60.9 Å². The summed E-state index contributed by atoms with van der Waals surface area (Å²) in [6, 6.07) is 17.2. The quantitative estimate of drug-likeness (QED) is 0.376. The third kappa shape index (κ3) is 5.38. The second kappa shape index (κ2) is 10.4. The van der Waals surface area contributed by atoms with Gasteiger partial charge in [-0.05, 0) is 35.9 Å². The van der Waals surface area contributed by atoms with Gasteiger partial charge in [-0.2, -0.15) is 0 Å². The van der Waals surface area contributed by atoms with Crippen molar-refractivity contribution in [2.45, 2.75) is 6.54 Å². The Kier molecular flexibility index (Phi) is 7.00. The molecule has 0 spiro atoms. The smallest absolute Gasteiger partial charge is 0.245 e. The second-order valence-electron chi connectivity index (χ2n) is 8.93. The van der Waals surface area contributed by atoms with Crippen molar-refractivity contribution in [2.24, 2.45) is 0 Å². The van der Waals surface area contributed by atoms with Crippen LogP contribution in [0.4, 0.5) is 17.3 Å². The Labute approximate surface area is 216 Å². The minimum absolute atomic E-state index is 0.390. The van der Waals surface area contributed by atoms with Gasteiger partial charge in [0.25, 0.3) is 0 Å². The van der Waals surface area contributed by atoms with Gasteiger partial charge in [0.2, 0.25) is 16.0 Å². The Morgan fingerprint density at radius 2 is 1.89 bits per heavy atom. The molecule has 37 heavy (non-hydrogen) atoms. The number of para-hydroxylation sites is 1. The summed E-state index contributed by atoms with van der Waals surface area (Å²) in [5.41, 5.74) is 4.75. The maximum Gasteiger partial charge on any atom is 0.245 e. The molecule has 194 valence electrons. The van der Waals surface area contributed by atoms with E-state index in [4.69, 9.17) is 14.6 Å². The van der Waals surface area contributed by atoms with E-state index >= 15 is 0 Å². The van der Waals surface area contributed by atoms with Gasteiger partial charge in [-0.3, -0.25) is 9.21 Å². The molecule has 11 heteroatoms. The molecule has 10 nitrogen and oxygen atoms in total. The third-order valence-electron chi connectivity index (χ3n) is 6.44. The van der Waals surface area contributed by atoms with Crippen molar-refractivity contribution >= 4 is 32.9 Å². The van der Waals surface area contributed by atoms with Gasteiger partial charge in [-0.25, -0.2) is 17.9 Å². The Hall–Kier alpha value is -3.67. The molecule has 0 saturated carbocycles. The first-order valence-corrected chi connectivity index (χ1v) is 13.8. The van der Waals surface area contributed by atoms with Crippen molar-refractivity contribution in [1.29, 1.82) is 0 Å². The number of nitrogens with one attached hydrogen (secondary N) is 1. The highest BCUT2D eigenvalue weighted by atomic mass is 32.2. The van der Waals surface area contributed by atoms with Gasteiger partial charge in [0.15, 0.2) is 0 Å². The Morgan fingerprint density at radius 1 is 1.11 bits per heavy atom.